The highest BCUT2D eigenvalue weighted by atomic mass is 79.9. The third-order valence-electron chi connectivity index (χ3n) is 4.27. The summed E-state index contributed by atoms with van der Waals surface area (Å²) in [5, 5.41) is 2.91. The van der Waals surface area contributed by atoms with E-state index in [1.807, 2.05) is 48.5 Å². The van der Waals surface area contributed by atoms with E-state index in [4.69, 9.17) is 0 Å². The average molecular weight is 387 g/mol. The molecule has 3 rings (SSSR count). The minimum absolute atomic E-state index is 0.0246. The van der Waals surface area contributed by atoms with Crippen molar-refractivity contribution < 1.29 is 9.59 Å². The van der Waals surface area contributed by atoms with E-state index in [0.717, 1.165) is 22.3 Å². The Morgan fingerprint density at radius 2 is 1.92 bits per heavy atom. The Bertz CT molecular complexity index is 758. The van der Waals surface area contributed by atoms with Gasteiger partial charge in [0.05, 0.1) is 11.6 Å². The zero-order chi connectivity index (χ0) is 17.1. The van der Waals surface area contributed by atoms with Crippen molar-refractivity contribution >= 4 is 39.1 Å². The zero-order valence-corrected chi connectivity index (χ0v) is 15.0. The first-order chi connectivity index (χ1) is 11.6. The van der Waals surface area contributed by atoms with Gasteiger partial charge in [-0.2, -0.15) is 0 Å². The molecule has 1 aliphatic rings. The van der Waals surface area contributed by atoms with Gasteiger partial charge in [-0.05, 0) is 52.2 Å². The minimum atomic E-state index is -0.338. The number of carbonyl (C=O) groups excluding carboxylic acids is 2. The lowest BCUT2D eigenvalue weighted by atomic mass is 10.1. The molecule has 1 N–H and O–H groups in total. The van der Waals surface area contributed by atoms with Crippen molar-refractivity contribution in [1.82, 2.24) is 0 Å². The first-order valence-corrected chi connectivity index (χ1v) is 8.82. The SMILES string of the molecule is CCc1ccc(NC(=O)C2CC(=O)N(c3ccccc3Br)C2)cc1. The molecule has 0 radical (unpaired) electrons. The summed E-state index contributed by atoms with van der Waals surface area (Å²) in [6, 6.07) is 15.4. The van der Waals surface area contributed by atoms with Gasteiger partial charge in [-0.1, -0.05) is 31.2 Å². The molecule has 1 fully saturated rings. The van der Waals surface area contributed by atoms with Crippen molar-refractivity contribution in [3.63, 3.8) is 0 Å². The van der Waals surface area contributed by atoms with Gasteiger partial charge >= 0.3 is 0 Å². The number of carbonyl (C=O) groups is 2. The number of hydrogen-bond acceptors (Lipinski definition) is 2. The predicted octanol–water partition coefficient (Wildman–Crippen LogP) is 4.00. The molecule has 1 heterocycles. The largest absolute Gasteiger partial charge is 0.326 e. The Morgan fingerprint density at radius 3 is 2.58 bits per heavy atom. The van der Waals surface area contributed by atoms with Crippen LogP contribution in [0, 0.1) is 5.92 Å². The minimum Gasteiger partial charge on any atom is -0.326 e. The van der Waals surface area contributed by atoms with Crippen LogP contribution in [0.5, 0.6) is 0 Å². The Kier molecular flexibility index (Phi) is 5.00. The summed E-state index contributed by atoms with van der Waals surface area (Å²) in [4.78, 5) is 26.5. The van der Waals surface area contributed by atoms with Gasteiger partial charge < -0.3 is 10.2 Å². The van der Waals surface area contributed by atoms with Crippen molar-refractivity contribution in [2.75, 3.05) is 16.8 Å². The number of amides is 2. The summed E-state index contributed by atoms with van der Waals surface area (Å²) >= 11 is 3.46. The summed E-state index contributed by atoms with van der Waals surface area (Å²) in [6.45, 7) is 2.49. The second-order valence-corrected chi connectivity index (χ2v) is 6.75. The van der Waals surface area contributed by atoms with Gasteiger partial charge in [-0.3, -0.25) is 9.59 Å². The molecule has 2 aromatic carbocycles. The molecule has 124 valence electrons. The van der Waals surface area contributed by atoms with E-state index in [-0.39, 0.29) is 24.2 Å². The number of halogens is 1. The molecule has 1 unspecified atom stereocenters. The molecule has 0 bridgehead atoms. The molecule has 1 aliphatic heterocycles. The van der Waals surface area contributed by atoms with Crippen molar-refractivity contribution in [3.05, 3.63) is 58.6 Å². The Hall–Kier alpha value is -2.14. The molecule has 0 saturated carbocycles. The fourth-order valence-electron chi connectivity index (χ4n) is 2.85. The number of para-hydroxylation sites is 1. The highest BCUT2D eigenvalue weighted by molar-refractivity contribution is 9.10. The quantitative estimate of drug-likeness (QED) is 0.862. The van der Waals surface area contributed by atoms with Gasteiger partial charge in [0.1, 0.15) is 0 Å². The van der Waals surface area contributed by atoms with Crippen LogP contribution in [0.15, 0.2) is 53.0 Å². The third-order valence-corrected chi connectivity index (χ3v) is 4.94. The highest BCUT2D eigenvalue weighted by Crippen LogP contribution is 2.31. The van der Waals surface area contributed by atoms with Crippen LogP contribution in [0.25, 0.3) is 0 Å². The molecular formula is C19H19BrN2O2. The number of anilines is 2. The van der Waals surface area contributed by atoms with Crippen LogP contribution in [0.2, 0.25) is 0 Å². The zero-order valence-electron chi connectivity index (χ0n) is 13.5. The summed E-state index contributed by atoms with van der Waals surface area (Å²) in [6.07, 6.45) is 1.20. The smallest absolute Gasteiger partial charge is 0.229 e. The maximum absolute atomic E-state index is 12.5. The molecule has 0 spiro atoms. The fraction of sp³-hybridized carbons (Fsp3) is 0.263. The molecule has 24 heavy (non-hydrogen) atoms. The van der Waals surface area contributed by atoms with Crippen LogP contribution in [0.3, 0.4) is 0 Å². The molecule has 1 atom stereocenters. The van der Waals surface area contributed by atoms with Crippen LogP contribution in [-0.4, -0.2) is 18.4 Å². The van der Waals surface area contributed by atoms with Crippen LogP contribution < -0.4 is 10.2 Å². The molecule has 2 amide bonds. The average Bonchev–Trinajstić information content (AvgIpc) is 2.98. The first-order valence-electron chi connectivity index (χ1n) is 8.03. The number of hydrogen-bond donors (Lipinski definition) is 1. The third kappa shape index (κ3) is 3.51. The predicted molar refractivity (Wildman–Crippen MR) is 99.1 cm³/mol. The standard InChI is InChI=1S/C19H19BrN2O2/c1-2-13-7-9-15(10-8-13)21-19(24)14-11-18(23)22(12-14)17-6-4-3-5-16(17)20/h3-10,14H,2,11-12H2,1H3,(H,21,24). The maximum atomic E-state index is 12.5. The monoisotopic (exact) mass is 386 g/mol. The second-order valence-electron chi connectivity index (χ2n) is 5.90. The van der Waals surface area contributed by atoms with E-state index < -0.39 is 0 Å². The van der Waals surface area contributed by atoms with Gasteiger partial charge in [0.25, 0.3) is 0 Å². The number of aryl methyl sites for hydroxylation is 1. The Balaban J connectivity index is 1.68. The van der Waals surface area contributed by atoms with Gasteiger partial charge in [-0.25, -0.2) is 0 Å². The lowest BCUT2D eigenvalue weighted by Gasteiger charge is -2.18. The van der Waals surface area contributed by atoms with Crippen LogP contribution in [-0.2, 0) is 16.0 Å². The maximum Gasteiger partial charge on any atom is 0.229 e. The molecule has 5 heteroatoms. The fourth-order valence-corrected chi connectivity index (χ4v) is 3.35. The number of benzene rings is 2. The van der Waals surface area contributed by atoms with Gasteiger partial charge in [0, 0.05) is 23.1 Å². The van der Waals surface area contributed by atoms with Crippen molar-refractivity contribution in [1.29, 1.82) is 0 Å². The van der Waals surface area contributed by atoms with Gasteiger partial charge in [-0.15, -0.1) is 0 Å². The lowest BCUT2D eigenvalue weighted by molar-refractivity contribution is -0.122. The molecule has 4 nitrogen and oxygen atoms in total. The lowest BCUT2D eigenvalue weighted by Crippen LogP contribution is -2.28. The normalized spacial score (nSPS) is 17.2. The number of nitrogens with one attached hydrogen (secondary N) is 1. The topological polar surface area (TPSA) is 49.4 Å². The molecule has 0 aliphatic carbocycles. The molecule has 0 aromatic heterocycles. The Morgan fingerprint density at radius 1 is 1.21 bits per heavy atom. The summed E-state index contributed by atoms with van der Waals surface area (Å²) in [5.41, 5.74) is 2.80. The van der Waals surface area contributed by atoms with Crippen LogP contribution in [0.1, 0.15) is 18.9 Å². The van der Waals surface area contributed by atoms with E-state index in [1.54, 1.807) is 4.90 Å². The van der Waals surface area contributed by atoms with E-state index in [2.05, 4.69) is 28.2 Å². The number of rotatable bonds is 4. The van der Waals surface area contributed by atoms with Crippen LogP contribution in [0.4, 0.5) is 11.4 Å². The van der Waals surface area contributed by atoms with Crippen molar-refractivity contribution in [3.8, 4) is 0 Å². The van der Waals surface area contributed by atoms with Crippen LogP contribution >= 0.6 is 15.9 Å². The van der Waals surface area contributed by atoms with E-state index in [0.29, 0.717) is 6.54 Å². The summed E-state index contributed by atoms with van der Waals surface area (Å²) in [7, 11) is 0. The Labute approximate surface area is 150 Å². The van der Waals surface area contributed by atoms with Gasteiger partial charge in [0.2, 0.25) is 11.8 Å². The van der Waals surface area contributed by atoms with Crippen molar-refractivity contribution in [2.45, 2.75) is 19.8 Å². The first kappa shape index (κ1) is 16.7. The van der Waals surface area contributed by atoms with Gasteiger partial charge in [0.15, 0.2) is 0 Å². The molecular weight excluding hydrogens is 368 g/mol. The summed E-state index contributed by atoms with van der Waals surface area (Å²) < 4.78 is 0.856. The van der Waals surface area contributed by atoms with E-state index in [1.165, 1.54) is 5.56 Å². The van der Waals surface area contributed by atoms with E-state index >= 15 is 0 Å². The number of nitrogens with zero attached hydrogens (tertiary/aromatic N) is 1. The highest BCUT2D eigenvalue weighted by Gasteiger charge is 2.35. The summed E-state index contributed by atoms with van der Waals surface area (Å²) in [5.74, 6) is -0.471. The molecule has 2 aromatic rings. The van der Waals surface area contributed by atoms with Crippen molar-refractivity contribution in [2.24, 2.45) is 5.92 Å². The second kappa shape index (κ2) is 7.18. The molecule has 1 saturated heterocycles. The van der Waals surface area contributed by atoms with E-state index in [9.17, 15) is 9.59 Å².